The van der Waals surface area contributed by atoms with Crippen LogP contribution in [0.2, 0.25) is 0 Å². The maximum atomic E-state index is 12.8. The molecule has 0 radical (unpaired) electrons. The second kappa shape index (κ2) is 9.84. The van der Waals surface area contributed by atoms with Gasteiger partial charge in [0, 0.05) is 80.1 Å². The van der Waals surface area contributed by atoms with Crippen LogP contribution in [0.5, 0.6) is 0 Å². The van der Waals surface area contributed by atoms with Gasteiger partial charge in [-0.05, 0) is 49.2 Å². The number of rotatable bonds is 4. The molecule has 0 atom stereocenters. The van der Waals surface area contributed by atoms with E-state index < -0.39 is 16.7 Å². The number of piperazine rings is 1. The molecule has 11 nitrogen and oxygen atoms in total. The summed E-state index contributed by atoms with van der Waals surface area (Å²) in [4.78, 5) is 57.9. The zero-order valence-corrected chi connectivity index (χ0v) is 20.3. The normalized spacial score (nSPS) is 15.8. The third kappa shape index (κ3) is 4.67. The fourth-order valence-electron chi connectivity index (χ4n) is 5.01. The van der Waals surface area contributed by atoms with Crippen LogP contribution in [0, 0.1) is 17.0 Å². The first-order valence-corrected chi connectivity index (χ1v) is 12.1. The maximum absolute atomic E-state index is 12.8. The van der Waals surface area contributed by atoms with Crippen molar-refractivity contribution in [2.24, 2.45) is 0 Å². The monoisotopic (exact) mass is 502 g/mol. The summed E-state index contributed by atoms with van der Waals surface area (Å²) in [6, 6.07) is 10.2. The van der Waals surface area contributed by atoms with Gasteiger partial charge in [0.05, 0.1) is 10.3 Å². The van der Waals surface area contributed by atoms with Gasteiger partial charge in [0.1, 0.15) is 0 Å². The number of benzene rings is 2. The molecule has 0 spiro atoms. The predicted molar refractivity (Wildman–Crippen MR) is 139 cm³/mol. The van der Waals surface area contributed by atoms with Gasteiger partial charge in [-0.1, -0.05) is 0 Å². The maximum Gasteiger partial charge on any atom is 0.313 e. The van der Waals surface area contributed by atoms with Crippen molar-refractivity contribution in [1.29, 1.82) is 0 Å². The van der Waals surface area contributed by atoms with Crippen molar-refractivity contribution in [3.8, 4) is 0 Å². The van der Waals surface area contributed by atoms with Gasteiger partial charge in [-0.3, -0.25) is 29.5 Å². The third-order valence-electron chi connectivity index (χ3n) is 6.89. The van der Waals surface area contributed by atoms with Crippen LogP contribution < -0.4 is 15.1 Å². The average molecular weight is 503 g/mol. The fraction of sp³-hybridized carbons (Fsp3) is 0.308. The number of amides is 3. The minimum Gasteiger partial charge on any atom is -0.367 e. The number of hydrogen-bond acceptors (Lipinski definition) is 7. The minimum atomic E-state index is -0.718. The highest BCUT2D eigenvalue weighted by atomic mass is 16.6. The molecule has 5 rings (SSSR count). The van der Waals surface area contributed by atoms with Crippen molar-refractivity contribution in [2.75, 3.05) is 47.8 Å². The zero-order chi connectivity index (χ0) is 26.1. The molecule has 2 aliphatic heterocycles. The molecule has 2 saturated heterocycles. The van der Waals surface area contributed by atoms with E-state index in [2.05, 4.69) is 15.2 Å². The number of fused-ring (bicyclic) bond motifs is 1. The Bertz CT molecular complexity index is 1420. The molecule has 2 aromatic carbocycles. The number of carbonyl (C=O) groups is 3. The van der Waals surface area contributed by atoms with E-state index in [1.807, 2.05) is 6.92 Å². The van der Waals surface area contributed by atoms with Gasteiger partial charge in [-0.2, -0.15) is 0 Å². The molecule has 37 heavy (non-hydrogen) atoms. The number of aryl methyl sites for hydroxylation is 1. The van der Waals surface area contributed by atoms with Crippen molar-refractivity contribution in [3.05, 3.63) is 64.5 Å². The Morgan fingerprint density at radius 2 is 1.76 bits per heavy atom. The smallest absolute Gasteiger partial charge is 0.313 e. The lowest BCUT2D eigenvalue weighted by Gasteiger charge is -2.36. The number of nitrogens with one attached hydrogen (secondary N) is 1. The van der Waals surface area contributed by atoms with E-state index in [4.69, 9.17) is 0 Å². The molecular weight excluding hydrogens is 476 g/mol. The van der Waals surface area contributed by atoms with Crippen LogP contribution in [-0.2, 0) is 14.4 Å². The highest BCUT2D eigenvalue weighted by Crippen LogP contribution is 2.33. The van der Waals surface area contributed by atoms with E-state index in [-0.39, 0.29) is 11.6 Å². The molecule has 3 amide bonds. The lowest BCUT2D eigenvalue weighted by molar-refractivity contribution is -0.383. The molecule has 0 bridgehead atoms. The number of non-ortho nitro benzene ring substituents is 1. The Balaban J connectivity index is 1.23. The molecule has 2 aliphatic rings. The molecular formula is C26H26N6O5. The fourth-order valence-corrected chi connectivity index (χ4v) is 5.01. The first kappa shape index (κ1) is 24.2. The Kier molecular flexibility index (Phi) is 6.43. The second-order valence-corrected chi connectivity index (χ2v) is 9.17. The average Bonchev–Trinajstić information content (AvgIpc) is 3.33. The quantitative estimate of drug-likeness (QED) is 0.330. The summed E-state index contributed by atoms with van der Waals surface area (Å²) in [6.45, 7) is 4.19. The number of anilines is 3. The first-order chi connectivity index (χ1) is 17.8. The van der Waals surface area contributed by atoms with Gasteiger partial charge in [0.25, 0.3) is 5.69 Å². The lowest BCUT2D eigenvalue weighted by atomic mass is 10.1. The summed E-state index contributed by atoms with van der Waals surface area (Å²) < 4.78 is 0. The Hall–Kier alpha value is -4.54. The van der Waals surface area contributed by atoms with Crippen molar-refractivity contribution in [2.45, 2.75) is 19.8 Å². The summed E-state index contributed by atoms with van der Waals surface area (Å²) in [5, 5.41) is 15.2. The number of carbonyl (C=O) groups excluding carboxylic acids is 3. The molecule has 11 heteroatoms. The molecule has 3 heterocycles. The van der Waals surface area contributed by atoms with E-state index in [1.54, 1.807) is 41.4 Å². The van der Waals surface area contributed by atoms with Crippen LogP contribution in [0.25, 0.3) is 10.8 Å². The zero-order valence-electron chi connectivity index (χ0n) is 20.3. The number of hydrogen-bond donors (Lipinski definition) is 1. The van der Waals surface area contributed by atoms with Gasteiger partial charge in [0.2, 0.25) is 5.91 Å². The van der Waals surface area contributed by atoms with Gasteiger partial charge in [0.15, 0.2) is 0 Å². The van der Waals surface area contributed by atoms with Crippen molar-refractivity contribution >= 4 is 51.2 Å². The van der Waals surface area contributed by atoms with Gasteiger partial charge in [-0.15, -0.1) is 0 Å². The molecule has 0 aliphatic carbocycles. The molecule has 1 aromatic heterocycles. The van der Waals surface area contributed by atoms with E-state index in [9.17, 15) is 24.5 Å². The van der Waals surface area contributed by atoms with Gasteiger partial charge < -0.3 is 20.0 Å². The molecule has 2 fully saturated rings. The van der Waals surface area contributed by atoms with E-state index in [1.165, 1.54) is 17.2 Å². The molecule has 0 unspecified atom stereocenters. The molecule has 0 saturated carbocycles. The summed E-state index contributed by atoms with van der Waals surface area (Å²) in [5.41, 5.74) is 2.98. The van der Waals surface area contributed by atoms with Crippen LogP contribution >= 0.6 is 0 Å². The molecule has 1 N–H and O–H groups in total. The van der Waals surface area contributed by atoms with Crippen LogP contribution in [0.15, 0.2) is 48.8 Å². The lowest BCUT2D eigenvalue weighted by Crippen LogP contribution is -2.51. The predicted octanol–water partition coefficient (Wildman–Crippen LogP) is 2.87. The van der Waals surface area contributed by atoms with Crippen LogP contribution in [-0.4, -0.2) is 65.3 Å². The summed E-state index contributed by atoms with van der Waals surface area (Å²) >= 11 is 0. The third-order valence-corrected chi connectivity index (χ3v) is 6.89. The van der Waals surface area contributed by atoms with Crippen LogP contribution in [0.4, 0.5) is 22.7 Å². The Labute approximate surface area is 212 Å². The first-order valence-electron chi connectivity index (χ1n) is 12.1. The second-order valence-electron chi connectivity index (χ2n) is 9.17. The van der Waals surface area contributed by atoms with E-state index in [0.717, 1.165) is 28.7 Å². The highest BCUT2D eigenvalue weighted by molar-refractivity contribution is 6.39. The van der Waals surface area contributed by atoms with Crippen LogP contribution in [0.3, 0.4) is 0 Å². The number of nitro benzene ring substituents is 1. The van der Waals surface area contributed by atoms with Crippen molar-refractivity contribution in [1.82, 2.24) is 9.88 Å². The van der Waals surface area contributed by atoms with Gasteiger partial charge >= 0.3 is 11.8 Å². The standard InChI is InChI=1S/C26H26N6O5/c1-17-15-18(4-5-21(17)31-10-2-3-24(31)33)28-25(34)26(35)30-13-11-29(12-14-30)22-6-7-23(32(36)37)20-16-27-9-8-19(20)22/h4-9,15-16H,2-3,10-14H2,1H3,(H,28,34). The largest absolute Gasteiger partial charge is 0.367 e. The summed E-state index contributed by atoms with van der Waals surface area (Å²) in [7, 11) is 0. The minimum absolute atomic E-state index is 0.00682. The Morgan fingerprint density at radius 3 is 2.43 bits per heavy atom. The topological polar surface area (TPSA) is 129 Å². The summed E-state index contributed by atoms with van der Waals surface area (Å²) in [6.07, 6.45) is 4.45. The highest BCUT2D eigenvalue weighted by Gasteiger charge is 2.28. The molecule has 3 aromatic rings. The van der Waals surface area contributed by atoms with Gasteiger partial charge in [-0.25, -0.2) is 0 Å². The number of pyridine rings is 1. The van der Waals surface area contributed by atoms with E-state index >= 15 is 0 Å². The van der Waals surface area contributed by atoms with Crippen molar-refractivity contribution in [3.63, 3.8) is 0 Å². The SMILES string of the molecule is Cc1cc(NC(=O)C(=O)N2CCN(c3ccc([N+](=O)[O-])c4cnccc34)CC2)ccc1N1CCCC1=O. The number of nitrogens with zero attached hydrogens (tertiary/aromatic N) is 5. The number of aromatic nitrogens is 1. The summed E-state index contributed by atoms with van der Waals surface area (Å²) in [5.74, 6) is -1.24. The number of nitro groups is 1. The Morgan fingerprint density at radius 1 is 1.00 bits per heavy atom. The van der Waals surface area contributed by atoms with E-state index in [0.29, 0.717) is 50.2 Å². The molecule has 190 valence electrons. The van der Waals surface area contributed by atoms with Crippen LogP contribution in [0.1, 0.15) is 18.4 Å². The van der Waals surface area contributed by atoms with Crippen molar-refractivity contribution < 1.29 is 19.3 Å².